The molecule has 0 fully saturated rings. The Hall–Kier alpha value is -3.85. The molecule has 33 heavy (non-hydrogen) atoms. The maximum absolute atomic E-state index is 12.7. The number of anilines is 2. The monoisotopic (exact) mass is 465 g/mol. The zero-order valence-electron chi connectivity index (χ0n) is 18.1. The number of amides is 2. The summed E-state index contributed by atoms with van der Waals surface area (Å²) in [4.78, 5) is 36.5. The first kappa shape index (κ1) is 23.8. The van der Waals surface area contributed by atoms with Gasteiger partial charge in [0.05, 0.1) is 17.3 Å². The lowest BCUT2D eigenvalue weighted by Crippen LogP contribution is -2.24. The number of hydrogen-bond acceptors (Lipinski definition) is 6. The van der Waals surface area contributed by atoms with Gasteiger partial charge < -0.3 is 15.4 Å². The van der Waals surface area contributed by atoms with E-state index < -0.39 is 10.8 Å². The van der Waals surface area contributed by atoms with E-state index in [0.29, 0.717) is 23.5 Å². The fraction of sp³-hybridized carbons (Fsp3) is 0.167. The number of benzene rings is 3. The predicted molar refractivity (Wildman–Crippen MR) is 129 cm³/mol. The van der Waals surface area contributed by atoms with Crippen molar-refractivity contribution in [2.24, 2.45) is 0 Å². The van der Waals surface area contributed by atoms with E-state index in [4.69, 9.17) is 4.74 Å². The first-order chi connectivity index (χ1) is 15.9. The Balaban J connectivity index is 1.66. The average molecular weight is 466 g/mol. The number of non-ortho nitro benzene ring substituents is 1. The zero-order chi connectivity index (χ0) is 23.8. The van der Waals surface area contributed by atoms with Gasteiger partial charge in [-0.3, -0.25) is 19.7 Å². The van der Waals surface area contributed by atoms with Crippen LogP contribution in [0.5, 0.6) is 5.75 Å². The molecule has 0 saturated carbocycles. The van der Waals surface area contributed by atoms with Crippen molar-refractivity contribution in [2.45, 2.75) is 23.5 Å². The first-order valence-corrected chi connectivity index (χ1v) is 11.0. The van der Waals surface area contributed by atoms with Crippen LogP contribution >= 0.6 is 11.8 Å². The van der Waals surface area contributed by atoms with Crippen molar-refractivity contribution in [1.29, 1.82) is 0 Å². The lowest BCUT2D eigenvalue weighted by Gasteiger charge is -2.15. The van der Waals surface area contributed by atoms with Crippen LogP contribution in [0.1, 0.15) is 23.7 Å². The summed E-state index contributed by atoms with van der Waals surface area (Å²) >= 11 is 1.39. The van der Waals surface area contributed by atoms with Crippen molar-refractivity contribution in [3.05, 3.63) is 88.5 Å². The molecule has 0 aromatic heterocycles. The topological polar surface area (TPSA) is 111 Å². The minimum absolute atomic E-state index is 0.126. The normalized spacial score (nSPS) is 11.3. The molecule has 3 aromatic carbocycles. The molecule has 0 aliphatic rings. The highest BCUT2D eigenvalue weighted by atomic mass is 32.2. The van der Waals surface area contributed by atoms with E-state index in [9.17, 15) is 19.7 Å². The molecule has 3 aromatic rings. The summed E-state index contributed by atoms with van der Waals surface area (Å²) in [6, 6.07) is 19.8. The number of carbonyl (C=O) groups excluding carboxylic acids is 2. The minimum atomic E-state index is -0.546. The van der Waals surface area contributed by atoms with Gasteiger partial charge in [0, 0.05) is 34.0 Å². The molecule has 9 heteroatoms. The SMILES string of the molecule is CCC(Sc1cccc(NC(=O)c2cccc([N+](=O)[O-])c2)c1)C(=O)Nc1ccc(OC)cc1. The van der Waals surface area contributed by atoms with Gasteiger partial charge in [0.1, 0.15) is 5.75 Å². The Morgan fingerprint density at radius 1 is 1.00 bits per heavy atom. The van der Waals surface area contributed by atoms with Gasteiger partial charge >= 0.3 is 0 Å². The molecular formula is C24H23N3O5S. The maximum atomic E-state index is 12.7. The van der Waals surface area contributed by atoms with Crippen LogP contribution in [0.25, 0.3) is 0 Å². The van der Waals surface area contributed by atoms with Crippen molar-refractivity contribution in [3.63, 3.8) is 0 Å². The molecule has 0 spiro atoms. The minimum Gasteiger partial charge on any atom is -0.497 e. The number of nitro benzene ring substituents is 1. The maximum Gasteiger partial charge on any atom is 0.270 e. The van der Waals surface area contributed by atoms with Crippen molar-refractivity contribution >= 4 is 40.6 Å². The Kier molecular flexibility index (Phi) is 8.04. The Morgan fingerprint density at radius 3 is 2.39 bits per heavy atom. The molecule has 1 atom stereocenters. The van der Waals surface area contributed by atoms with Crippen molar-refractivity contribution in [1.82, 2.24) is 0 Å². The third-order valence-electron chi connectivity index (χ3n) is 4.71. The Morgan fingerprint density at radius 2 is 1.73 bits per heavy atom. The lowest BCUT2D eigenvalue weighted by atomic mass is 10.2. The fourth-order valence-corrected chi connectivity index (χ4v) is 4.01. The summed E-state index contributed by atoms with van der Waals surface area (Å²) in [5.74, 6) is 0.127. The standard InChI is InChI=1S/C24H23N3O5S/c1-3-22(24(29)25-17-10-12-20(32-2)13-11-17)33-21-9-5-7-18(15-21)26-23(28)16-6-4-8-19(14-16)27(30)31/h4-15,22H,3H2,1-2H3,(H,25,29)(H,26,28). The highest BCUT2D eigenvalue weighted by Gasteiger charge is 2.19. The molecule has 0 aliphatic carbocycles. The molecule has 0 radical (unpaired) electrons. The molecule has 8 nitrogen and oxygen atoms in total. The van der Waals surface area contributed by atoms with Gasteiger partial charge in [0.15, 0.2) is 0 Å². The molecule has 3 rings (SSSR count). The van der Waals surface area contributed by atoms with Crippen LogP contribution in [0.3, 0.4) is 0 Å². The van der Waals surface area contributed by atoms with Gasteiger partial charge in [-0.25, -0.2) is 0 Å². The number of thioether (sulfide) groups is 1. The van der Waals surface area contributed by atoms with Gasteiger partial charge in [-0.1, -0.05) is 19.1 Å². The van der Waals surface area contributed by atoms with E-state index in [1.807, 2.05) is 13.0 Å². The van der Waals surface area contributed by atoms with Crippen LogP contribution in [0.2, 0.25) is 0 Å². The number of carbonyl (C=O) groups is 2. The van der Waals surface area contributed by atoms with Crippen molar-refractivity contribution in [2.75, 3.05) is 17.7 Å². The number of rotatable bonds is 9. The number of methoxy groups -OCH3 is 1. The second-order valence-corrected chi connectivity index (χ2v) is 8.30. The molecule has 0 saturated heterocycles. The summed E-state index contributed by atoms with van der Waals surface area (Å²) in [7, 11) is 1.58. The summed E-state index contributed by atoms with van der Waals surface area (Å²) in [5, 5.41) is 16.3. The fourth-order valence-electron chi connectivity index (χ4n) is 2.99. The summed E-state index contributed by atoms with van der Waals surface area (Å²) in [6.07, 6.45) is 0.608. The molecule has 170 valence electrons. The van der Waals surface area contributed by atoms with E-state index in [2.05, 4.69) is 10.6 Å². The third-order valence-corrected chi connectivity index (χ3v) is 6.07. The molecule has 2 N–H and O–H groups in total. The summed E-state index contributed by atoms with van der Waals surface area (Å²) in [6.45, 7) is 1.93. The molecular weight excluding hydrogens is 442 g/mol. The highest BCUT2D eigenvalue weighted by Crippen LogP contribution is 2.29. The lowest BCUT2D eigenvalue weighted by molar-refractivity contribution is -0.384. The molecule has 2 amide bonds. The number of hydrogen-bond donors (Lipinski definition) is 2. The second kappa shape index (κ2) is 11.1. The largest absolute Gasteiger partial charge is 0.497 e. The van der Waals surface area contributed by atoms with Crippen LogP contribution in [0, 0.1) is 10.1 Å². The molecule has 1 unspecified atom stereocenters. The number of ether oxygens (including phenoxy) is 1. The average Bonchev–Trinajstić information content (AvgIpc) is 2.83. The number of nitro groups is 1. The van der Waals surface area contributed by atoms with Crippen molar-refractivity contribution in [3.8, 4) is 5.75 Å². The number of nitrogens with one attached hydrogen (secondary N) is 2. The molecule has 0 bridgehead atoms. The van der Waals surface area contributed by atoms with E-state index in [1.54, 1.807) is 49.6 Å². The van der Waals surface area contributed by atoms with Crippen LogP contribution in [-0.4, -0.2) is 29.1 Å². The van der Waals surface area contributed by atoms with Gasteiger partial charge in [-0.2, -0.15) is 0 Å². The van der Waals surface area contributed by atoms with Gasteiger partial charge in [0.25, 0.3) is 11.6 Å². The van der Waals surface area contributed by atoms with Gasteiger partial charge in [0.2, 0.25) is 5.91 Å². The third kappa shape index (κ3) is 6.56. The number of nitrogens with zero attached hydrogens (tertiary/aromatic N) is 1. The van der Waals surface area contributed by atoms with E-state index in [0.717, 1.165) is 4.90 Å². The predicted octanol–water partition coefficient (Wildman–Crippen LogP) is 5.37. The summed E-state index contributed by atoms with van der Waals surface area (Å²) < 4.78 is 5.13. The molecule has 0 aliphatic heterocycles. The second-order valence-electron chi connectivity index (χ2n) is 7.02. The van der Waals surface area contributed by atoms with Crippen molar-refractivity contribution < 1.29 is 19.2 Å². The van der Waals surface area contributed by atoms with Crippen LogP contribution in [-0.2, 0) is 4.79 Å². The van der Waals surface area contributed by atoms with E-state index >= 15 is 0 Å². The van der Waals surface area contributed by atoms with Crippen LogP contribution < -0.4 is 15.4 Å². The zero-order valence-corrected chi connectivity index (χ0v) is 18.9. The van der Waals surface area contributed by atoms with E-state index in [1.165, 1.54) is 36.0 Å². The quantitative estimate of drug-likeness (QED) is 0.250. The highest BCUT2D eigenvalue weighted by molar-refractivity contribution is 8.00. The van der Waals surface area contributed by atoms with Gasteiger partial charge in [-0.15, -0.1) is 11.8 Å². The molecule has 0 heterocycles. The Bertz CT molecular complexity index is 1150. The van der Waals surface area contributed by atoms with E-state index in [-0.39, 0.29) is 22.4 Å². The van der Waals surface area contributed by atoms with Crippen LogP contribution in [0.4, 0.5) is 17.1 Å². The first-order valence-electron chi connectivity index (χ1n) is 10.2. The van der Waals surface area contributed by atoms with Crippen LogP contribution in [0.15, 0.2) is 77.7 Å². The van der Waals surface area contributed by atoms with Gasteiger partial charge in [-0.05, 0) is 55.0 Å². The Labute approximate surface area is 195 Å². The smallest absolute Gasteiger partial charge is 0.270 e. The summed E-state index contributed by atoms with van der Waals surface area (Å²) in [5.41, 5.74) is 1.24.